The van der Waals surface area contributed by atoms with Crippen molar-refractivity contribution in [1.82, 2.24) is 5.32 Å². The minimum atomic E-state index is -1.10. The minimum Gasteiger partial charge on any atom is -0.493 e. The van der Waals surface area contributed by atoms with E-state index in [1.807, 2.05) is 0 Å². The molecule has 0 saturated carbocycles. The molecular formula is C13H16ClNO5. The fourth-order valence-corrected chi connectivity index (χ4v) is 1.78. The third-order valence-electron chi connectivity index (χ3n) is 2.55. The Balaban J connectivity index is 2.74. The van der Waals surface area contributed by atoms with Gasteiger partial charge >= 0.3 is 5.97 Å². The standard InChI is InChI=1S/C13H16ClNO5/c1-15-11(16)4-3-5-20-12-9(14)6-8(13(17)18)7-10(12)19-2/h6-7H,3-5H2,1-2H3,(H,15,16)(H,17,18). The zero-order valence-corrected chi connectivity index (χ0v) is 12.0. The number of carbonyl (C=O) groups is 2. The van der Waals surface area contributed by atoms with Crippen molar-refractivity contribution < 1.29 is 24.2 Å². The molecule has 0 aromatic heterocycles. The number of hydrogen-bond donors (Lipinski definition) is 2. The number of amides is 1. The Morgan fingerprint density at radius 1 is 1.40 bits per heavy atom. The highest BCUT2D eigenvalue weighted by Gasteiger charge is 2.15. The van der Waals surface area contributed by atoms with E-state index in [0.29, 0.717) is 12.8 Å². The van der Waals surface area contributed by atoms with Crippen LogP contribution < -0.4 is 14.8 Å². The second-order valence-corrected chi connectivity index (χ2v) is 4.33. The van der Waals surface area contributed by atoms with Crippen molar-refractivity contribution in [3.63, 3.8) is 0 Å². The molecule has 0 spiro atoms. The molecule has 1 aromatic carbocycles. The van der Waals surface area contributed by atoms with E-state index in [2.05, 4.69) is 5.32 Å². The van der Waals surface area contributed by atoms with E-state index in [0.717, 1.165) is 0 Å². The molecule has 0 saturated heterocycles. The number of rotatable bonds is 7. The second kappa shape index (κ2) is 7.59. The van der Waals surface area contributed by atoms with E-state index in [1.165, 1.54) is 19.2 Å². The number of carbonyl (C=O) groups excluding carboxylic acids is 1. The smallest absolute Gasteiger partial charge is 0.335 e. The van der Waals surface area contributed by atoms with Crippen LogP contribution in [0.4, 0.5) is 0 Å². The topological polar surface area (TPSA) is 84.9 Å². The summed E-state index contributed by atoms with van der Waals surface area (Å²) in [6, 6.07) is 2.63. The number of halogens is 1. The molecule has 0 unspecified atom stereocenters. The molecule has 0 heterocycles. The second-order valence-electron chi connectivity index (χ2n) is 3.92. The van der Waals surface area contributed by atoms with Crippen molar-refractivity contribution in [3.8, 4) is 11.5 Å². The molecule has 0 fully saturated rings. The van der Waals surface area contributed by atoms with E-state index < -0.39 is 5.97 Å². The Morgan fingerprint density at radius 3 is 2.65 bits per heavy atom. The molecule has 20 heavy (non-hydrogen) atoms. The number of ether oxygens (including phenoxy) is 2. The summed E-state index contributed by atoms with van der Waals surface area (Å²) < 4.78 is 10.5. The van der Waals surface area contributed by atoms with Crippen LogP contribution in [0.25, 0.3) is 0 Å². The maximum Gasteiger partial charge on any atom is 0.335 e. The zero-order valence-electron chi connectivity index (χ0n) is 11.2. The van der Waals surface area contributed by atoms with E-state index in [9.17, 15) is 9.59 Å². The van der Waals surface area contributed by atoms with Crippen molar-refractivity contribution >= 4 is 23.5 Å². The number of nitrogens with one attached hydrogen (secondary N) is 1. The number of hydrogen-bond acceptors (Lipinski definition) is 4. The van der Waals surface area contributed by atoms with Crippen LogP contribution >= 0.6 is 11.6 Å². The molecule has 0 aliphatic carbocycles. The molecule has 1 amide bonds. The van der Waals surface area contributed by atoms with Crippen molar-refractivity contribution in [2.24, 2.45) is 0 Å². The average molecular weight is 302 g/mol. The predicted octanol–water partition coefficient (Wildman–Crippen LogP) is 1.95. The lowest BCUT2D eigenvalue weighted by atomic mass is 10.2. The van der Waals surface area contributed by atoms with E-state index >= 15 is 0 Å². The van der Waals surface area contributed by atoms with Crippen LogP contribution in [0, 0.1) is 0 Å². The maximum absolute atomic E-state index is 11.1. The normalized spacial score (nSPS) is 9.95. The predicted molar refractivity (Wildman–Crippen MR) is 73.8 cm³/mol. The monoisotopic (exact) mass is 301 g/mol. The summed E-state index contributed by atoms with van der Waals surface area (Å²) in [4.78, 5) is 22.0. The molecule has 0 aliphatic rings. The van der Waals surface area contributed by atoms with Crippen LogP contribution in [0.1, 0.15) is 23.2 Å². The molecule has 0 atom stereocenters. The number of carboxylic acid groups (broad SMARTS) is 1. The van der Waals surface area contributed by atoms with Gasteiger partial charge < -0.3 is 19.9 Å². The lowest BCUT2D eigenvalue weighted by molar-refractivity contribution is -0.120. The van der Waals surface area contributed by atoms with Crippen LogP contribution in [0.3, 0.4) is 0 Å². The summed E-state index contributed by atoms with van der Waals surface area (Å²) in [5.74, 6) is -0.657. The highest BCUT2D eigenvalue weighted by Crippen LogP contribution is 2.36. The van der Waals surface area contributed by atoms with Gasteiger partial charge in [-0.3, -0.25) is 4.79 Å². The molecule has 2 N–H and O–H groups in total. The molecular weight excluding hydrogens is 286 g/mol. The van der Waals surface area contributed by atoms with Gasteiger partial charge in [0.25, 0.3) is 0 Å². The number of carboxylic acids is 1. The number of aromatic carboxylic acids is 1. The average Bonchev–Trinajstić information content (AvgIpc) is 2.43. The molecule has 6 nitrogen and oxygen atoms in total. The Bertz CT molecular complexity index is 504. The summed E-state index contributed by atoms with van der Waals surface area (Å²) in [6.07, 6.45) is 0.851. The van der Waals surface area contributed by atoms with Gasteiger partial charge in [0.15, 0.2) is 11.5 Å². The summed E-state index contributed by atoms with van der Waals surface area (Å²) >= 11 is 5.98. The van der Waals surface area contributed by atoms with Gasteiger partial charge in [0, 0.05) is 13.5 Å². The van der Waals surface area contributed by atoms with Gasteiger partial charge in [-0.15, -0.1) is 0 Å². The first kappa shape index (κ1) is 16.1. The molecule has 7 heteroatoms. The van der Waals surface area contributed by atoms with E-state index in [1.54, 1.807) is 7.05 Å². The van der Waals surface area contributed by atoms with E-state index in [4.69, 9.17) is 26.2 Å². The lowest BCUT2D eigenvalue weighted by Gasteiger charge is -2.13. The zero-order chi connectivity index (χ0) is 15.1. The summed E-state index contributed by atoms with van der Waals surface area (Å²) in [5, 5.41) is 11.6. The van der Waals surface area contributed by atoms with Crippen LogP contribution in [0.15, 0.2) is 12.1 Å². The van der Waals surface area contributed by atoms with Gasteiger partial charge in [-0.2, -0.15) is 0 Å². The van der Waals surface area contributed by atoms with Crippen molar-refractivity contribution in [3.05, 3.63) is 22.7 Å². The molecule has 0 aliphatic heterocycles. The van der Waals surface area contributed by atoms with Crippen LogP contribution in [-0.4, -0.2) is 37.7 Å². The van der Waals surface area contributed by atoms with Gasteiger partial charge in [0.1, 0.15) is 0 Å². The fraction of sp³-hybridized carbons (Fsp3) is 0.385. The van der Waals surface area contributed by atoms with Gasteiger partial charge in [-0.05, 0) is 18.6 Å². The number of benzene rings is 1. The first-order valence-electron chi connectivity index (χ1n) is 5.93. The van der Waals surface area contributed by atoms with Crippen molar-refractivity contribution in [1.29, 1.82) is 0 Å². The molecule has 0 radical (unpaired) electrons. The fourth-order valence-electron chi connectivity index (χ4n) is 1.52. The summed E-state index contributed by atoms with van der Waals surface area (Å²) in [6.45, 7) is 0.274. The lowest BCUT2D eigenvalue weighted by Crippen LogP contribution is -2.18. The molecule has 1 rings (SSSR count). The Hall–Kier alpha value is -1.95. The van der Waals surface area contributed by atoms with Gasteiger partial charge in [-0.25, -0.2) is 4.79 Å². The maximum atomic E-state index is 11.1. The Morgan fingerprint density at radius 2 is 2.10 bits per heavy atom. The molecule has 1 aromatic rings. The Kier molecular flexibility index (Phi) is 6.11. The van der Waals surface area contributed by atoms with Gasteiger partial charge in [-0.1, -0.05) is 11.6 Å². The highest BCUT2D eigenvalue weighted by molar-refractivity contribution is 6.32. The largest absolute Gasteiger partial charge is 0.493 e. The Labute approximate surface area is 121 Å². The first-order valence-corrected chi connectivity index (χ1v) is 6.31. The van der Waals surface area contributed by atoms with Gasteiger partial charge in [0.05, 0.1) is 24.3 Å². The third-order valence-corrected chi connectivity index (χ3v) is 2.83. The highest BCUT2D eigenvalue weighted by atomic mass is 35.5. The molecule has 0 bridgehead atoms. The van der Waals surface area contributed by atoms with E-state index in [-0.39, 0.29) is 34.6 Å². The molecule has 110 valence electrons. The van der Waals surface area contributed by atoms with Crippen LogP contribution in [-0.2, 0) is 4.79 Å². The van der Waals surface area contributed by atoms with Gasteiger partial charge in [0.2, 0.25) is 5.91 Å². The minimum absolute atomic E-state index is 0.0181. The first-order chi connectivity index (χ1) is 9.49. The summed E-state index contributed by atoms with van der Waals surface area (Å²) in [5.41, 5.74) is 0.0181. The quantitative estimate of drug-likeness (QED) is 0.752. The SMILES string of the molecule is CNC(=O)CCCOc1c(Cl)cc(C(=O)O)cc1OC. The van der Waals surface area contributed by atoms with Crippen LogP contribution in [0.2, 0.25) is 5.02 Å². The van der Waals surface area contributed by atoms with Crippen molar-refractivity contribution in [2.45, 2.75) is 12.8 Å². The van der Waals surface area contributed by atoms with Crippen molar-refractivity contribution in [2.75, 3.05) is 20.8 Å². The third kappa shape index (κ3) is 4.31. The summed E-state index contributed by atoms with van der Waals surface area (Å²) in [7, 11) is 2.96. The van der Waals surface area contributed by atoms with Crippen LogP contribution in [0.5, 0.6) is 11.5 Å². The number of methoxy groups -OCH3 is 1.